The Morgan fingerprint density at radius 3 is 2.17 bits per heavy atom. The van der Waals surface area contributed by atoms with Gasteiger partial charge in [0.15, 0.2) is 0 Å². The molecule has 9 heteroatoms. The molecule has 1 saturated carbocycles. The number of aryl methyl sites for hydroxylation is 1. The standard InChI is InChI=1S/C37H40BrN3O4S/c1-28-14-11-12-17-30(28)26-40(35(24-29-15-5-2-6-16-29)37(43)39-32-19-7-3-8-20-32)36(42)27-41(33-21-13-18-31(38)25-33)46(44,45)34-22-9-4-10-23-34/h2,4-6,9-18,21-23,25,32,35H,3,7-8,19-20,24,26-27H2,1H3,(H,39,43). The SMILES string of the molecule is Cc1ccccc1CN(C(=O)CN(c1cccc(Br)c1)S(=O)(=O)c1ccccc1)C(Cc1ccccc1)C(=O)NC1CCCCC1. The van der Waals surface area contributed by atoms with E-state index >= 15 is 0 Å². The topological polar surface area (TPSA) is 86.8 Å². The lowest BCUT2D eigenvalue weighted by Crippen LogP contribution is -2.55. The van der Waals surface area contributed by atoms with Crippen LogP contribution in [0.3, 0.4) is 0 Å². The van der Waals surface area contributed by atoms with Crippen LogP contribution >= 0.6 is 15.9 Å². The Bertz CT molecular complexity index is 1730. The fourth-order valence-corrected chi connectivity index (χ4v) is 7.76. The van der Waals surface area contributed by atoms with E-state index in [0.29, 0.717) is 16.6 Å². The molecule has 1 atom stereocenters. The summed E-state index contributed by atoms with van der Waals surface area (Å²) in [5, 5.41) is 3.25. The van der Waals surface area contributed by atoms with Crippen LogP contribution in [0.1, 0.15) is 48.8 Å². The highest BCUT2D eigenvalue weighted by Crippen LogP contribution is 2.28. The van der Waals surface area contributed by atoms with Gasteiger partial charge in [0.1, 0.15) is 12.6 Å². The molecule has 0 heterocycles. The molecule has 0 bridgehead atoms. The number of amides is 2. The van der Waals surface area contributed by atoms with Crippen molar-refractivity contribution < 1.29 is 18.0 Å². The minimum atomic E-state index is -4.14. The monoisotopic (exact) mass is 701 g/mol. The normalized spacial score (nSPS) is 14.3. The van der Waals surface area contributed by atoms with Gasteiger partial charge >= 0.3 is 0 Å². The summed E-state index contributed by atoms with van der Waals surface area (Å²) in [6, 6.07) is 31.6. The van der Waals surface area contributed by atoms with Gasteiger partial charge in [-0.1, -0.05) is 114 Å². The third-order valence-electron chi connectivity index (χ3n) is 8.53. The van der Waals surface area contributed by atoms with Crippen LogP contribution in [-0.2, 0) is 32.6 Å². The van der Waals surface area contributed by atoms with Gasteiger partial charge in [0.2, 0.25) is 11.8 Å². The quantitative estimate of drug-likeness (QED) is 0.172. The number of carbonyl (C=O) groups is 2. The first kappa shape index (κ1) is 33.4. The number of nitrogens with zero attached hydrogens (tertiary/aromatic N) is 2. The lowest BCUT2D eigenvalue weighted by molar-refractivity contribution is -0.140. The minimum Gasteiger partial charge on any atom is -0.352 e. The zero-order chi connectivity index (χ0) is 32.5. The Morgan fingerprint density at radius 2 is 1.50 bits per heavy atom. The smallest absolute Gasteiger partial charge is 0.264 e. The van der Waals surface area contributed by atoms with Gasteiger partial charge in [0, 0.05) is 23.5 Å². The molecule has 5 rings (SSSR count). The molecule has 1 aliphatic rings. The summed E-state index contributed by atoms with van der Waals surface area (Å²) in [7, 11) is -4.14. The second kappa shape index (κ2) is 15.6. The van der Waals surface area contributed by atoms with Crippen molar-refractivity contribution in [3.63, 3.8) is 0 Å². The number of rotatable bonds is 12. The van der Waals surface area contributed by atoms with Gasteiger partial charge in [0.25, 0.3) is 10.0 Å². The van der Waals surface area contributed by atoms with E-state index in [1.807, 2.05) is 61.5 Å². The molecule has 0 saturated heterocycles. The number of sulfonamides is 1. The summed E-state index contributed by atoms with van der Waals surface area (Å²) in [5.41, 5.74) is 3.12. The number of anilines is 1. The van der Waals surface area contributed by atoms with Gasteiger partial charge in [-0.25, -0.2) is 8.42 Å². The molecule has 1 fully saturated rings. The van der Waals surface area contributed by atoms with Crippen molar-refractivity contribution in [2.45, 2.75) is 69.0 Å². The van der Waals surface area contributed by atoms with E-state index in [0.717, 1.165) is 53.1 Å². The van der Waals surface area contributed by atoms with Crippen molar-refractivity contribution in [2.24, 2.45) is 0 Å². The third-order valence-corrected chi connectivity index (χ3v) is 10.8. The van der Waals surface area contributed by atoms with Crippen molar-refractivity contribution in [2.75, 3.05) is 10.8 Å². The van der Waals surface area contributed by atoms with Crippen molar-refractivity contribution in [1.29, 1.82) is 0 Å². The second-order valence-corrected chi connectivity index (χ2v) is 14.6. The highest BCUT2D eigenvalue weighted by molar-refractivity contribution is 9.10. The van der Waals surface area contributed by atoms with Crippen LogP contribution in [0.25, 0.3) is 0 Å². The Hall–Kier alpha value is -3.95. The molecule has 0 aromatic heterocycles. The molecule has 0 spiro atoms. The number of benzene rings is 4. The van der Waals surface area contributed by atoms with E-state index in [2.05, 4.69) is 21.2 Å². The van der Waals surface area contributed by atoms with Crippen molar-refractivity contribution >= 4 is 43.5 Å². The van der Waals surface area contributed by atoms with Crippen LogP contribution in [-0.4, -0.2) is 43.8 Å². The van der Waals surface area contributed by atoms with Crippen molar-refractivity contribution in [3.8, 4) is 0 Å². The molecule has 4 aromatic rings. The maximum Gasteiger partial charge on any atom is 0.264 e. The summed E-state index contributed by atoms with van der Waals surface area (Å²) in [6.07, 6.45) is 5.36. The van der Waals surface area contributed by atoms with E-state index in [9.17, 15) is 18.0 Å². The number of halogens is 1. The van der Waals surface area contributed by atoms with Crippen LogP contribution in [0, 0.1) is 6.92 Å². The lowest BCUT2D eigenvalue weighted by atomic mass is 9.94. The number of hydrogen-bond acceptors (Lipinski definition) is 4. The largest absolute Gasteiger partial charge is 0.352 e. The van der Waals surface area contributed by atoms with E-state index in [1.165, 1.54) is 12.1 Å². The van der Waals surface area contributed by atoms with Crippen LogP contribution in [0.5, 0.6) is 0 Å². The lowest BCUT2D eigenvalue weighted by Gasteiger charge is -2.35. The van der Waals surface area contributed by atoms with Crippen LogP contribution < -0.4 is 9.62 Å². The zero-order valence-corrected chi connectivity index (χ0v) is 28.4. The van der Waals surface area contributed by atoms with Crippen molar-refractivity contribution in [3.05, 3.63) is 130 Å². The summed E-state index contributed by atoms with van der Waals surface area (Å²) in [4.78, 5) is 30.5. The molecular weight excluding hydrogens is 662 g/mol. The zero-order valence-electron chi connectivity index (χ0n) is 26.0. The van der Waals surface area contributed by atoms with Crippen molar-refractivity contribution in [1.82, 2.24) is 10.2 Å². The maximum absolute atomic E-state index is 14.7. The van der Waals surface area contributed by atoms with E-state index < -0.39 is 28.5 Å². The Labute approximate surface area is 280 Å². The van der Waals surface area contributed by atoms with E-state index in [4.69, 9.17) is 0 Å². The first-order valence-electron chi connectivity index (χ1n) is 15.7. The number of hydrogen-bond donors (Lipinski definition) is 1. The fraction of sp³-hybridized carbons (Fsp3) is 0.297. The summed E-state index contributed by atoms with van der Waals surface area (Å²) >= 11 is 3.46. The summed E-state index contributed by atoms with van der Waals surface area (Å²) < 4.78 is 30.1. The van der Waals surface area contributed by atoms with Gasteiger partial charge < -0.3 is 10.2 Å². The summed E-state index contributed by atoms with van der Waals surface area (Å²) in [5.74, 6) is -0.694. The van der Waals surface area contributed by atoms with Gasteiger partial charge in [-0.05, 0) is 66.8 Å². The predicted molar refractivity (Wildman–Crippen MR) is 186 cm³/mol. The van der Waals surface area contributed by atoms with Crippen LogP contribution in [0.4, 0.5) is 5.69 Å². The molecule has 1 aliphatic carbocycles. The third kappa shape index (κ3) is 8.44. The number of nitrogens with one attached hydrogen (secondary N) is 1. The Kier molecular flexibility index (Phi) is 11.3. The fourth-order valence-electron chi connectivity index (χ4n) is 5.95. The van der Waals surface area contributed by atoms with Gasteiger partial charge in [0.05, 0.1) is 10.6 Å². The first-order valence-corrected chi connectivity index (χ1v) is 18.0. The second-order valence-electron chi connectivity index (χ2n) is 11.8. The van der Waals surface area contributed by atoms with Gasteiger partial charge in [-0.2, -0.15) is 0 Å². The molecule has 4 aromatic carbocycles. The molecule has 46 heavy (non-hydrogen) atoms. The van der Waals surface area contributed by atoms with Crippen LogP contribution in [0.2, 0.25) is 0 Å². The molecule has 1 N–H and O–H groups in total. The average Bonchev–Trinajstić information content (AvgIpc) is 3.07. The Balaban J connectivity index is 1.56. The first-order chi connectivity index (χ1) is 22.2. The predicted octanol–water partition coefficient (Wildman–Crippen LogP) is 7.04. The highest BCUT2D eigenvalue weighted by atomic mass is 79.9. The van der Waals surface area contributed by atoms with E-state index in [-0.39, 0.29) is 23.4 Å². The highest BCUT2D eigenvalue weighted by Gasteiger charge is 2.35. The molecule has 1 unspecified atom stereocenters. The average molecular weight is 703 g/mol. The molecule has 0 aliphatic heterocycles. The minimum absolute atomic E-state index is 0.0477. The molecule has 7 nitrogen and oxygen atoms in total. The Morgan fingerprint density at radius 1 is 0.848 bits per heavy atom. The maximum atomic E-state index is 14.7. The summed E-state index contributed by atoms with van der Waals surface area (Å²) in [6.45, 7) is 1.64. The van der Waals surface area contributed by atoms with Gasteiger partial charge in [-0.15, -0.1) is 0 Å². The molecule has 2 amide bonds. The van der Waals surface area contributed by atoms with Gasteiger partial charge in [-0.3, -0.25) is 13.9 Å². The molecule has 0 radical (unpaired) electrons. The van der Waals surface area contributed by atoms with E-state index in [1.54, 1.807) is 47.4 Å². The molecule has 240 valence electrons. The van der Waals surface area contributed by atoms with Crippen LogP contribution in [0.15, 0.2) is 119 Å². The molecular formula is C37H40BrN3O4S. The number of carbonyl (C=O) groups excluding carboxylic acids is 2.